The van der Waals surface area contributed by atoms with Gasteiger partial charge in [0, 0.05) is 0 Å². The summed E-state index contributed by atoms with van der Waals surface area (Å²) < 4.78 is 7.73. The predicted octanol–water partition coefficient (Wildman–Crippen LogP) is 2.80. The maximum Gasteiger partial charge on any atom is 0.279 e. The molecular weight excluding hydrogens is 360 g/mol. The van der Waals surface area contributed by atoms with E-state index >= 15 is 0 Å². The monoisotopic (exact) mass is 376 g/mol. The highest BCUT2D eigenvalue weighted by atomic mass is 32.2. The van der Waals surface area contributed by atoms with Crippen LogP contribution in [0.1, 0.15) is 23.1 Å². The molecule has 0 fully saturated rings. The molecule has 0 radical (unpaired) electrons. The van der Waals surface area contributed by atoms with E-state index in [0.717, 1.165) is 10.1 Å². The van der Waals surface area contributed by atoms with Crippen molar-refractivity contribution in [2.45, 2.75) is 18.2 Å². The van der Waals surface area contributed by atoms with Crippen LogP contribution in [0.2, 0.25) is 0 Å². The van der Waals surface area contributed by atoms with Gasteiger partial charge in [0.05, 0.1) is 12.8 Å². The minimum absolute atomic E-state index is 0.228. The predicted molar refractivity (Wildman–Crippen MR) is 96.9 cm³/mol. The maximum atomic E-state index is 12.5. The second kappa shape index (κ2) is 7.62. The van der Waals surface area contributed by atoms with Crippen LogP contribution in [0, 0.1) is 6.92 Å². The van der Waals surface area contributed by atoms with E-state index in [-0.39, 0.29) is 11.6 Å². The number of hydrogen-bond acceptors (Lipinski definition) is 8. The number of nitrogens with one attached hydrogen (secondary N) is 1. The molecule has 0 saturated heterocycles. The molecule has 0 aliphatic heterocycles. The molecule has 10 heteroatoms. The van der Waals surface area contributed by atoms with E-state index in [1.54, 1.807) is 30.5 Å². The van der Waals surface area contributed by atoms with Crippen LogP contribution < -0.4 is 10.1 Å². The van der Waals surface area contributed by atoms with E-state index in [1.807, 2.05) is 31.2 Å². The lowest BCUT2D eigenvalue weighted by Crippen LogP contribution is -2.14. The van der Waals surface area contributed by atoms with Crippen LogP contribution in [0.5, 0.6) is 5.75 Å². The molecule has 0 spiro atoms. The third kappa shape index (κ3) is 3.64. The fourth-order valence-electron chi connectivity index (χ4n) is 2.17. The zero-order valence-electron chi connectivity index (χ0n) is 13.9. The smallest absolute Gasteiger partial charge is 0.279 e. The lowest BCUT2D eigenvalue weighted by molar-refractivity contribution is 0.102. The molecule has 0 unspecified atom stereocenters. The van der Waals surface area contributed by atoms with Gasteiger partial charge in [-0.1, -0.05) is 47.4 Å². The number of nitrogens with zero attached hydrogens (tertiary/aromatic N) is 5. The summed E-state index contributed by atoms with van der Waals surface area (Å²) in [5.74, 6) is 1.17. The first-order valence-corrected chi connectivity index (χ1v) is 9.27. The van der Waals surface area contributed by atoms with E-state index in [4.69, 9.17) is 4.74 Å². The first-order chi connectivity index (χ1) is 12.1. The number of carbonyl (C=O) groups is 1. The molecule has 0 saturated carbocycles. The SMILES string of the molecule is CCSc1nnc(NC(=O)c2nnn(-c3ccccc3OC)c2C)s1. The lowest BCUT2D eigenvalue weighted by atomic mass is 10.2. The highest BCUT2D eigenvalue weighted by Crippen LogP contribution is 2.26. The van der Waals surface area contributed by atoms with Crippen molar-refractivity contribution >= 4 is 34.1 Å². The number of thioether (sulfide) groups is 1. The van der Waals surface area contributed by atoms with Gasteiger partial charge in [-0.25, -0.2) is 4.68 Å². The number of anilines is 1. The molecule has 25 heavy (non-hydrogen) atoms. The van der Waals surface area contributed by atoms with Crippen molar-refractivity contribution < 1.29 is 9.53 Å². The standard InChI is InChI=1S/C15H16N6O2S2/c1-4-24-15-19-18-14(25-15)16-13(22)12-9(2)21(20-17-12)10-7-5-6-8-11(10)23-3/h5-8H,4H2,1-3H3,(H,16,18,22). The number of carbonyl (C=O) groups excluding carboxylic acids is 1. The maximum absolute atomic E-state index is 12.5. The van der Waals surface area contributed by atoms with Gasteiger partial charge in [-0.2, -0.15) is 0 Å². The molecule has 2 aromatic heterocycles. The number of para-hydroxylation sites is 2. The number of hydrogen-bond donors (Lipinski definition) is 1. The number of ether oxygens (including phenoxy) is 1. The van der Waals surface area contributed by atoms with Crippen molar-refractivity contribution in [2.75, 3.05) is 18.2 Å². The topological polar surface area (TPSA) is 94.8 Å². The summed E-state index contributed by atoms with van der Waals surface area (Å²) in [5, 5.41) is 19.2. The quantitative estimate of drug-likeness (QED) is 0.522. The van der Waals surface area contributed by atoms with Crippen molar-refractivity contribution in [3.05, 3.63) is 35.7 Å². The van der Waals surface area contributed by atoms with Crippen LogP contribution in [-0.4, -0.2) is 44.0 Å². The van der Waals surface area contributed by atoms with Gasteiger partial charge in [-0.3, -0.25) is 10.1 Å². The van der Waals surface area contributed by atoms with E-state index in [0.29, 0.717) is 22.3 Å². The third-order valence-corrected chi connectivity index (χ3v) is 5.17. The fraction of sp³-hybridized carbons (Fsp3) is 0.267. The van der Waals surface area contributed by atoms with Crippen LogP contribution in [0.4, 0.5) is 5.13 Å². The molecule has 3 aromatic rings. The van der Waals surface area contributed by atoms with Gasteiger partial charge in [-0.05, 0) is 24.8 Å². The summed E-state index contributed by atoms with van der Waals surface area (Å²) in [6, 6.07) is 7.40. The minimum atomic E-state index is -0.372. The van der Waals surface area contributed by atoms with E-state index in [9.17, 15) is 4.79 Å². The van der Waals surface area contributed by atoms with Crippen molar-refractivity contribution in [2.24, 2.45) is 0 Å². The Labute approximate surface area is 152 Å². The highest BCUT2D eigenvalue weighted by Gasteiger charge is 2.20. The number of benzene rings is 1. The Balaban J connectivity index is 1.83. The van der Waals surface area contributed by atoms with Crippen molar-refractivity contribution in [1.29, 1.82) is 0 Å². The van der Waals surface area contributed by atoms with Crippen LogP contribution >= 0.6 is 23.1 Å². The number of methoxy groups -OCH3 is 1. The van der Waals surface area contributed by atoms with Crippen molar-refractivity contribution in [3.8, 4) is 11.4 Å². The van der Waals surface area contributed by atoms with E-state index < -0.39 is 0 Å². The summed E-state index contributed by atoms with van der Waals surface area (Å²) >= 11 is 2.90. The van der Waals surface area contributed by atoms with E-state index in [1.165, 1.54) is 11.3 Å². The molecule has 8 nitrogen and oxygen atoms in total. The van der Waals surface area contributed by atoms with Crippen molar-refractivity contribution in [1.82, 2.24) is 25.2 Å². The second-order valence-electron chi connectivity index (χ2n) is 4.87. The molecule has 1 aromatic carbocycles. The van der Waals surface area contributed by atoms with Gasteiger partial charge >= 0.3 is 0 Å². The van der Waals surface area contributed by atoms with Gasteiger partial charge in [0.2, 0.25) is 5.13 Å². The summed E-state index contributed by atoms with van der Waals surface area (Å²) in [6.07, 6.45) is 0. The minimum Gasteiger partial charge on any atom is -0.494 e. The van der Waals surface area contributed by atoms with Gasteiger partial charge in [0.15, 0.2) is 10.0 Å². The Morgan fingerprint density at radius 2 is 2.12 bits per heavy atom. The van der Waals surface area contributed by atoms with Crippen LogP contribution in [0.25, 0.3) is 5.69 Å². The number of amides is 1. The molecule has 2 heterocycles. The van der Waals surface area contributed by atoms with Gasteiger partial charge in [0.25, 0.3) is 5.91 Å². The summed E-state index contributed by atoms with van der Waals surface area (Å²) in [5.41, 5.74) is 1.55. The molecule has 0 bridgehead atoms. The lowest BCUT2D eigenvalue weighted by Gasteiger charge is -2.08. The van der Waals surface area contributed by atoms with Crippen LogP contribution in [0.15, 0.2) is 28.6 Å². The molecule has 130 valence electrons. The first-order valence-electron chi connectivity index (χ1n) is 7.47. The molecule has 1 N–H and O–H groups in total. The molecule has 3 rings (SSSR count). The second-order valence-corrected chi connectivity index (χ2v) is 7.36. The summed E-state index contributed by atoms with van der Waals surface area (Å²) in [7, 11) is 1.58. The van der Waals surface area contributed by atoms with Crippen LogP contribution in [-0.2, 0) is 0 Å². The summed E-state index contributed by atoms with van der Waals surface area (Å²) in [6.45, 7) is 3.81. The van der Waals surface area contributed by atoms with Crippen LogP contribution in [0.3, 0.4) is 0 Å². The first kappa shape index (κ1) is 17.4. The Kier molecular flexibility index (Phi) is 5.29. The van der Waals surface area contributed by atoms with Gasteiger partial charge in [0.1, 0.15) is 11.4 Å². The van der Waals surface area contributed by atoms with E-state index in [2.05, 4.69) is 25.8 Å². The number of rotatable bonds is 6. The average molecular weight is 376 g/mol. The molecular formula is C15H16N6O2S2. The Morgan fingerprint density at radius 1 is 1.32 bits per heavy atom. The normalized spacial score (nSPS) is 10.7. The van der Waals surface area contributed by atoms with Crippen molar-refractivity contribution in [3.63, 3.8) is 0 Å². The molecule has 0 aliphatic carbocycles. The Hall–Kier alpha value is -2.46. The Bertz CT molecular complexity index is 892. The van der Waals surface area contributed by atoms with Gasteiger partial charge < -0.3 is 4.74 Å². The molecule has 0 atom stereocenters. The molecule has 0 aliphatic rings. The fourth-order valence-corrected chi connectivity index (χ4v) is 3.81. The average Bonchev–Trinajstić information content (AvgIpc) is 3.21. The largest absolute Gasteiger partial charge is 0.494 e. The van der Waals surface area contributed by atoms with Gasteiger partial charge in [-0.15, -0.1) is 15.3 Å². The summed E-state index contributed by atoms with van der Waals surface area (Å²) in [4.78, 5) is 12.5. The zero-order valence-corrected chi connectivity index (χ0v) is 15.5. The third-order valence-electron chi connectivity index (χ3n) is 3.32. The number of aromatic nitrogens is 5. The zero-order chi connectivity index (χ0) is 17.8. The molecule has 1 amide bonds. The highest BCUT2D eigenvalue weighted by molar-refractivity contribution is 8.01. The Morgan fingerprint density at radius 3 is 2.88 bits per heavy atom.